The van der Waals surface area contributed by atoms with E-state index < -0.39 is 0 Å². The monoisotopic (exact) mass is 256 g/mol. The molecule has 2 aromatic carbocycles. The number of hydrogen-bond acceptors (Lipinski definition) is 1. The first-order valence-electron chi connectivity index (χ1n) is 6.19. The number of aromatic nitrogens is 2. The lowest BCUT2D eigenvalue weighted by molar-refractivity contribution is 0.629. The Labute approximate surface area is 109 Å². The fourth-order valence-corrected chi connectivity index (χ4v) is 2.35. The van der Waals surface area contributed by atoms with Crippen molar-refractivity contribution in [2.45, 2.75) is 13.3 Å². The fraction of sp³-hybridized carbons (Fsp3) is 0.133. The van der Waals surface area contributed by atoms with Crippen LogP contribution < -0.4 is 5.69 Å². The summed E-state index contributed by atoms with van der Waals surface area (Å²) in [6.07, 6.45) is 0.830. The number of rotatable bonds is 2. The molecule has 3 rings (SSSR count). The molecular weight excluding hydrogens is 243 g/mol. The van der Waals surface area contributed by atoms with Crippen molar-refractivity contribution in [1.29, 1.82) is 0 Å². The maximum Gasteiger partial charge on any atom is 0.331 e. The molecular formula is C15H13FN2O. The standard InChI is InChI=1S/C15H13FN2O/c1-2-10-5-3-4-6-13(10)18-14-8-7-11(16)9-12(14)17-15(18)19/h3-9H,2H2,1H3,(H,17,19). The number of aryl methyl sites for hydroxylation is 1. The van der Waals surface area contributed by atoms with Gasteiger partial charge < -0.3 is 4.98 Å². The Morgan fingerprint density at radius 1 is 1.21 bits per heavy atom. The molecule has 96 valence electrons. The molecule has 1 aromatic heterocycles. The topological polar surface area (TPSA) is 37.8 Å². The SMILES string of the molecule is CCc1ccccc1-n1c(=O)[nH]c2cc(F)ccc21. The molecule has 0 aliphatic heterocycles. The molecule has 1 heterocycles. The molecule has 0 unspecified atom stereocenters. The Morgan fingerprint density at radius 2 is 2.00 bits per heavy atom. The second kappa shape index (κ2) is 4.39. The number of nitrogens with zero attached hydrogens (tertiary/aromatic N) is 1. The molecule has 0 atom stereocenters. The third-order valence-corrected chi connectivity index (χ3v) is 3.26. The number of nitrogens with one attached hydrogen (secondary N) is 1. The normalized spacial score (nSPS) is 11.1. The van der Waals surface area contributed by atoms with Gasteiger partial charge in [0.25, 0.3) is 0 Å². The minimum atomic E-state index is -0.357. The van der Waals surface area contributed by atoms with Crippen LogP contribution in [-0.2, 0) is 6.42 Å². The quantitative estimate of drug-likeness (QED) is 0.752. The van der Waals surface area contributed by atoms with Crippen molar-refractivity contribution in [2.75, 3.05) is 0 Å². The predicted molar refractivity (Wildman–Crippen MR) is 73.2 cm³/mol. The van der Waals surface area contributed by atoms with Crippen LogP contribution in [0.15, 0.2) is 47.3 Å². The smallest absolute Gasteiger partial charge is 0.305 e. The van der Waals surface area contributed by atoms with E-state index in [1.807, 2.05) is 31.2 Å². The zero-order valence-electron chi connectivity index (χ0n) is 10.5. The van der Waals surface area contributed by atoms with Gasteiger partial charge in [0, 0.05) is 0 Å². The van der Waals surface area contributed by atoms with E-state index in [1.54, 1.807) is 10.6 Å². The van der Waals surface area contributed by atoms with Gasteiger partial charge in [-0.2, -0.15) is 0 Å². The Balaban J connectivity index is 2.36. The maximum absolute atomic E-state index is 13.2. The number of imidazole rings is 1. The van der Waals surface area contributed by atoms with E-state index in [4.69, 9.17) is 0 Å². The van der Waals surface area contributed by atoms with Crippen LogP contribution in [0.5, 0.6) is 0 Å². The van der Waals surface area contributed by atoms with Crippen LogP contribution in [-0.4, -0.2) is 9.55 Å². The zero-order valence-corrected chi connectivity index (χ0v) is 10.5. The van der Waals surface area contributed by atoms with Gasteiger partial charge in [-0.25, -0.2) is 9.18 Å². The van der Waals surface area contributed by atoms with Gasteiger partial charge in [-0.05, 0) is 36.2 Å². The Bertz CT molecular complexity index is 801. The molecule has 0 fully saturated rings. The summed E-state index contributed by atoms with van der Waals surface area (Å²) in [5.74, 6) is -0.357. The molecule has 3 nitrogen and oxygen atoms in total. The van der Waals surface area contributed by atoms with Crippen molar-refractivity contribution in [3.05, 3.63) is 64.3 Å². The summed E-state index contributed by atoms with van der Waals surface area (Å²) in [5.41, 5.74) is 2.87. The number of para-hydroxylation sites is 1. The maximum atomic E-state index is 13.2. The molecule has 0 saturated carbocycles. The largest absolute Gasteiger partial charge is 0.331 e. The lowest BCUT2D eigenvalue weighted by Gasteiger charge is -2.08. The number of benzene rings is 2. The summed E-state index contributed by atoms with van der Waals surface area (Å²) in [4.78, 5) is 14.8. The van der Waals surface area contributed by atoms with Gasteiger partial charge in [-0.15, -0.1) is 0 Å². The van der Waals surface area contributed by atoms with Crippen molar-refractivity contribution < 1.29 is 4.39 Å². The van der Waals surface area contributed by atoms with Crippen molar-refractivity contribution in [2.24, 2.45) is 0 Å². The number of fused-ring (bicyclic) bond motifs is 1. The van der Waals surface area contributed by atoms with Crippen LogP contribution in [0.25, 0.3) is 16.7 Å². The number of aromatic amines is 1. The molecule has 0 aliphatic carbocycles. The molecule has 0 saturated heterocycles. The highest BCUT2D eigenvalue weighted by Crippen LogP contribution is 2.19. The lowest BCUT2D eigenvalue weighted by Crippen LogP contribution is -2.15. The summed E-state index contributed by atoms with van der Waals surface area (Å²) in [6.45, 7) is 2.04. The van der Waals surface area contributed by atoms with Gasteiger partial charge in [-0.3, -0.25) is 4.57 Å². The molecule has 0 radical (unpaired) electrons. The highest BCUT2D eigenvalue weighted by Gasteiger charge is 2.11. The van der Waals surface area contributed by atoms with Crippen molar-refractivity contribution in [3.8, 4) is 5.69 Å². The Morgan fingerprint density at radius 3 is 2.79 bits per heavy atom. The second-order valence-corrected chi connectivity index (χ2v) is 4.41. The van der Waals surface area contributed by atoms with Gasteiger partial charge in [0.2, 0.25) is 0 Å². The van der Waals surface area contributed by atoms with Crippen LogP contribution in [0.4, 0.5) is 4.39 Å². The average Bonchev–Trinajstić information content (AvgIpc) is 2.73. The molecule has 1 N–H and O–H groups in total. The van der Waals surface area contributed by atoms with E-state index in [9.17, 15) is 9.18 Å². The Hall–Kier alpha value is -2.36. The van der Waals surface area contributed by atoms with Crippen molar-refractivity contribution in [1.82, 2.24) is 9.55 Å². The summed E-state index contributed by atoms with van der Waals surface area (Å²) >= 11 is 0. The highest BCUT2D eigenvalue weighted by molar-refractivity contribution is 5.77. The molecule has 0 amide bonds. The minimum Gasteiger partial charge on any atom is -0.305 e. The summed E-state index contributed by atoms with van der Waals surface area (Å²) < 4.78 is 14.8. The van der Waals surface area contributed by atoms with E-state index >= 15 is 0 Å². The van der Waals surface area contributed by atoms with Crippen molar-refractivity contribution in [3.63, 3.8) is 0 Å². The molecule has 19 heavy (non-hydrogen) atoms. The van der Waals surface area contributed by atoms with Crippen LogP contribution in [0.2, 0.25) is 0 Å². The molecule has 0 spiro atoms. The average molecular weight is 256 g/mol. The van der Waals surface area contributed by atoms with Gasteiger partial charge in [0.05, 0.1) is 16.7 Å². The lowest BCUT2D eigenvalue weighted by atomic mass is 10.1. The molecule has 0 bridgehead atoms. The zero-order chi connectivity index (χ0) is 13.4. The van der Waals surface area contributed by atoms with Crippen molar-refractivity contribution >= 4 is 11.0 Å². The van der Waals surface area contributed by atoms with Crippen LogP contribution in [0, 0.1) is 5.82 Å². The van der Waals surface area contributed by atoms with Gasteiger partial charge in [0.1, 0.15) is 5.82 Å². The van der Waals surface area contributed by atoms with E-state index in [-0.39, 0.29) is 11.5 Å². The predicted octanol–water partition coefficient (Wildman–Crippen LogP) is 3.02. The van der Waals surface area contributed by atoms with E-state index in [0.29, 0.717) is 11.0 Å². The molecule has 4 heteroatoms. The van der Waals surface area contributed by atoms with E-state index in [1.165, 1.54) is 12.1 Å². The third kappa shape index (κ3) is 1.85. The van der Waals surface area contributed by atoms with Crippen LogP contribution in [0.1, 0.15) is 12.5 Å². The third-order valence-electron chi connectivity index (χ3n) is 3.26. The fourth-order valence-electron chi connectivity index (χ4n) is 2.35. The minimum absolute atomic E-state index is 0.249. The first-order valence-corrected chi connectivity index (χ1v) is 6.19. The van der Waals surface area contributed by atoms with Gasteiger partial charge in [-0.1, -0.05) is 25.1 Å². The second-order valence-electron chi connectivity index (χ2n) is 4.41. The van der Waals surface area contributed by atoms with Gasteiger partial charge in [0.15, 0.2) is 0 Å². The number of H-pyrrole nitrogens is 1. The molecule has 3 aromatic rings. The van der Waals surface area contributed by atoms with E-state index in [2.05, 4.69) is 4.98 Å². The highest BCUT2D eigenvalue weighted by atomic mass is 19.1. The number of halogens is 1. The summed E-state index contributed by atoms with van der Waals surface area (Å²) in [5, 5.41) is 0. The van der Waals surface area contributed by atoms with Crippen LogP contribution in [0.3, 0.4) is 0 Å². The summed E-state index contributed by atoms with van der Waals surface area (Å²) in [7, 11) is 0. The Kier molecular flexibility index (Phi) is 2.71. The van der Waals surface area contributed by atoms with Crippen LogP contribution >= 0.6 is 0 Å². The number of hydrogen-bond donors (Lipinski definition) is 1. The molecule has 0 aliphatic rings. The first kappa shape index (κ1) is 11.7. The van der Waals surface area contributed by atoms with Gasteiger partial charge >= 0.3 is 5.69 Å². The van der Waals surface area contributed by atoms with E-state index in [0.717, 1.165) is 17.7 Å². The first-order chi connectivity index (χ1) is 9.20. The summed E-state index contributed by atoms with van der Waals surface area (Å²) in [6, 6.07) is 12.0.